The molecule has 0 aliphatic carbocycles. The fraction of sp³-hybridized carbons (Fsp3) is 0.391. The van der Waals surface area contributed by atoms with Crippen LogP contribution in [0.2, 0.25) is 5.02 Å². The number of halogens is 1. The number of nitrogens with one attached hydrogen (secondary N) is 1. The molecule has 0 saturated carbocycles. The number of carbonyl (C=O) groups excluding carboxylic acids is 1. The molecule has 0 fully saturated rings. The molecule has 0 aliphatic heterocycles. The molecule has 3 aromatic rings. The van der Waals surface area contributed by atoms with Gasteiger partial charge in [0.15, 0.2) is 0 Å². The molecular weight excluding hydrogens is 448 g/mol. The molecule has 9 heteroatoms. The van der Waals surface area contributed by atoms with Crippen LogP contribution in [-0.4, -0.2) is 42.3 Å². The van der Waals surface area contributed by atoms with Gasteiger partial charge in [0.1, 0.15) is 5.82 Å². The standard InChI is InChI=1S/C23H29ClN4O3S/c1-4-5-14-28-21-11-10-18(32(30,31)27(2)3)15-20(21)26-22(28)12-13-23(29)25-16-17-8-6-7-9-19(17)24/h6-11,15H,4-5,12-14,16H2,1-3H3,(H,25,29). The third-order valence-corrected chi connectivity index (χ3v) is 7.50. The van der Waals surface area contributed by atoms with Gasteiger partial charge in [-0.15, -0.1) is 0 Å². The van der Waals surface area contributed by atoms with Crippen molar-refractivity contribution in [3.05, 3.63) is 58.9 Å². The fourth-order valence-corrected chi connectivity index (χ4v) is 4.56. The summed E-state index contributed by atoms with van der Waals surface area (Å²) < 4.78 is 28.3. The molecular formula is C23H29ClN4O3S. The predicted octanol–water partition coefficient (Wildman–Crippen LogP) is 3.99. The van der Waals surface area contributed by atoms with Gasteiger partial charge < -0.3 is 9.88 Å². The number of aromatic nitrogens is 2. The lowest BCUT2D eigenvalue weighted by Crippen LogP contribution is -2.23. The summed E-state index contributed by atoms with van der Waals surface area (Å²) in [5.74, 6) is 0.690. The number of imidazole rings is 1. The second-order valence-corrected chi connectivity index (χ2v) is 10.4. The van der Waals surface area contributed by atoms with Gasteiger partial charge in [0.2, 0.25) is 15.9 Å². The minimum Gasteiger partial charge on any atom is -0.352 e. The summed E-state index contributed by atoms with van der Waals surface area (Å²) >= 11 is 6.15. The second-order valence-electron chi connectivity index (χ2n) is 7.84. The molecule has 0 atom stereocenters. The lowest BCUT2D eigenvalue weighted by molar-refractivity contribution is -0.121. The Morgan fingerprint density at radius 3 is 2.62 bits per heavy atom. The Morgan fingerprint density at radius 1 is 1.19 bits per heavy atom. The van der Waals surface area contributed by atoms with Crippen LogP contribution in [0.25, 0.3) is 11.0 Å². The van der Waals surface area contributed by atoms with Crippen LogP contribution in [0.4, 0.5) is 0 Å². The Labute approximate surface area is 194 Å². The number of hydrogen-bond acceptors (Lipinski definition) is 4. The van der Waals surface area contributed by atoms with Crippen molar-refractivity contribution in [3.63, 3.8) is 0 Å². The number of fused-ring (bicyclic) bond motifs is 1. The van der Waals surface area contributed by atoms with E-state index in [4.69, 9.17) is 11.6 Å². The minimum absolute atomic E-state index is 0.0881. The predicted molar refractivity (Wildman–Crippen MR) is 127 cm³/mol. The van der Waals surface area contributed by atoms with Gasteiger partial charge in [-0.3, -0.25) is 4.79 Å². The summed E-state index contributed by atoms with van der Waals surface area (Å²) in [5.41, 5.74) is 2.37. The molecule has 1 heterocycles. The topological polar surface area (TPSA) is 84.3 Å². The molecule has 172 valence electrons. The number of hydrogen-bond donors (Lipinski definition) is 1. The average molecular weight is 477 g/mol. The number of benzene rings is 2. The Morgan fingerprint density at radius 2 is 1.94 bits per heavy atom. The first-order chi connectivity index (χ1) is 15.2. The quantitative estimate of drug-likeness (QED) is 0.479. The highest BCUT2D eigenvalue weighted by molar-refractivity contribution is 7.89. The zero-order valence-corrected chi connectivity index (χ0v) is 20.2. The van der Waals surface area contributed by atoms with E-state index in [2.05, 4.69) is 21.8 Å². The van der Waals surface area contributed by atoms with Gasteiger partial charge in [-0.2, -0.15) is 0 Å². The Hall–Kier alpha value is -2.42. The lowest BCUT2D eigenvalue weighted by atomic mass is 10.2. The summed E-state index contributed by atoms with van der Waals surface area (Å²) in [5, 5.41) is 3.53. The van der Waals surface area contributed by atoms with Crippen LogP contribution < -0.4 is 5.32 Å². The van der Waals surface area contributed by atoms with Crippen LogP contribution in [0.15, 0.2) is 47.4 Å². The third kappa shape index (κ3) is 5.49. The van der Waals surface area contributed by atoms with E-state index >= 15 is 0 Å². The maximum atomic E-state index is 12.5. The van der Waals surface area contributed by atoms with E-state index in [-0.39, 0.29) is 17.2 Å². The molecule has 2 aromatic carbocycles. The second kappa shape index (κ2) is 10.5. The number of unbranched alkanes of at least 4 members (excludes halogenated alkanes) is 1. The molecule has 0 radical (unpaired) electrons. The zero-order chi connectivity index (χ0) is 23.3. The van der Waals surface area contributed by atoms with Crippen molar-refractivity contribution in [2.75, 3.05) is 14.1 Å². The van der Waals surface area contributed by atoms with Crippen molar-refractivity contribution < 1.29 is 13.2 Å². The maximum Gasteiger partial charge on any atom is 0.242 e. The first kappa shape index (κ1) is 24.2. The molecule has 1 aromatic heterocycles. The van der Waals surface area contributed by atoms with Crippen LogP contribution in [0.1, 0.15) is 37.6 Å². The van der Waals surface area contributed by atoms with Crippen molar-refractivity contribution >= 4 is 38.6 Å². The van der Waals surface area contributed by atoms with Crippen LogP contribution in [-0.2, 0) is 34.3 Å². The van der Waals surface area contributed by atoms with Gasteiger partial charge >= 0.3 is 0 Å². The highest BCUT2D eigenvalue weighted by Gasteiger charge is 2.20. The molecule has 32 heavy (non-hydrogen) atoms. The summed E-state index contributed by atoms with van der Waals surface area (Å²) in [7, 11) is -0.531. The van der Waals surface area contributed by atoms with Crippen molar-refractivity contribution in [3.8, 4) is 0 Å². The number of nitrogens with zero attached hydrogens (tertiary/aromatic N) is 3. The lowest BCUT2D eigenvalue weighted by Gasteiger charge is -2.11. The first-order valence-corrected chi connectivity index (χ1v) is 12.5. The summed E-state index contributed by atoms with van der Waals surface area (Å²) in [6.45, 7) is 3.25. The number of sulfonamides is 1. The fourth-order valence-electron chi connectivity index (χ4n) is 3.44. The van der Waals surface area contributed by atoms with E-state index in [0.717, 1.165) is 36.3 Å². The van der Waals surface area contributed by atoms with Crippen LogP contribution >= 0.6 is 11.6 Å². The number of carbonyl (C=O) groups is 1. The molecule has 7 nitrogen and oxygen atoms in total. The molecule has 1 amide bonds. The maximum absolute atomic E-state index is 12.5. The molecule has 0 saturated heterocycles. The van der Waals surface area contributed by atoms with Gasteiger partial charge in [-0.1, -0.05) is 43.1 Å². The number of rotatable bonds is 10. The number of aryl methyl sites for hydroxylation is 2. The minimum atomic E-state index is -3.54. The first-order valence-electron chi connectivity index (χ1n) is 10.7. The molecule has 3 rings (SSSR count). The van der Waals surface area contributed by atoms with Gasteiger partial charge in [0, 0.05) is 45.0 Å². The van der Waals surface area contributed by atoms with Crippen LogP contribution in [0.5, 0.6) is 0 Å². The summed E-state index contributed by atoms with van der Waals surface area (Å²) in [6, 6.07) is 12.4. The van der Waals surface area contributed by atoms with Gasteiger partial charge in [0.05, 0.1) is 15.9 Å². The van der Waals surface area contributed by atoms with Crippen molar-refractivity contribution in [2.24, 2.45) is 0 Å². The monoisotopic (exact) mass is 476 g/mol. The van der Waals surface area contributed by atoms with Gasteiger partial charge in [-0.25, -0.2) is 17.7 Å². The largest absolute Gasteiger partial charge is 0.352 e. The van der Waals surface area contributed by atoms with E-state index in [0.29, 0.717) is 23.5 Å². The molecule has 0 spiro atoms. The van der Waals surface area contributed by atoms with Crippen molar-refractivity contribution in [2.45, 2.75) is 50.6 Å². The van der Waals surface area contributed by atoms with Crippen LogP contribution in [0.3, 0.4) is 0 Å². The highest BCUT2D eigenvalue weighted by atomic mass is 35.5. The Bertz CT molecular complexity index is 1210. The molecule has 0 aliphatic rings. The summed E-state index contributed by atoms with van der Waals surface area (Å²) in [6.07, 6.45) is 2.73. The SMILES string of the molecule is CCCCn1c(CCC(=O)NCc2ccccc2Cl)nc2cc(S(=O)(=O)N(C)C)ccc21. The van der Waals surface area contributed by atoms with E-state index in [9.17, 15) is 13.2 Å². The molecule has 0 bridgehead atoms. The smallest absolute Gasteiger partial charge is 0.242 e. The van der Waals surface area contributed by atoms with Gasteiger partial charge in [-0.05, 0) is 36.2 Å². The van der Waals surface area contributed by atoms with Crippen molar-refractivity contribution in [1.82, 2.24) is 19.2 Å². The van der Waals surface area contributed by atoms with Gasteiger partial charge in [0.25, 0.3) is 0 Å². The van der Waals surface area contributed by atoms with E-state index in [1.54, 1.807) is 24.3 Å². The normalized spacial score (nSPS) is 11.9. The Kier molecular flexibility index (Phi) is 7.92. The Balaban J connectivity index is 1.78. The van der Waals surface area contributed by atoms with Crippen molar-refractivity contribution in [1.29, 1.82) is 0 Å². The number of amides is 1. The van der Waals surface area contributed by atoms with E-state index in [1.807, 2.05) is 18.2 Å². The molecule has 0 unspecified atom stereocenters. The molecule has 1 N–H and O–H groups in total. The average Bonchev–Trinajstić information content (AvgIpc) is 3.12. The van der Waals surface area contributed by atoms with Crippen LogP contribution in [0, 0.1) is 0 Å². The third-order valence-electron chi connectivity index (χ3n) is 5.32. The highest BCUT2D eigenvalue weighted by Crippen LogP contribution is 2.23. The summed E-state index contributed by atoms with van der Waals surface area (Å²) in [4.78, 5) is 17.3. The van der Waals surface area contributed by atoms with E-state index in [1.165, 1.54) is 18.4 Å². The zero-order valence-electron chi connectivity index (χ0n) is 18.6. The van der Waals surface area contributed by atoms with E-state index < -0.39 is 10.0 Å².